The molecule has 1 heteroatoms. The van der Waals surface area contributed by atoms with E-state index in [-0.39, 0.29) is 5.41 Å². The second-order valence-corrected chi connectivity index (χ2v) is 17.1. The average Bonchev–Trinajstić information content (AvgIpc) is 3.71. The van der Waals surface area contributed by atoms with E-state index in [9.17, 15) is 0 Å². The lowest BCUT2D eigenvalue weighted by atomic mass is 9.71. The molecule has 4 bridgehead atoms. The molecule has 0 aromatic heterocycles. The van der Waals surface area contributed by atoms with Crippen molar-refractivity contribution in [1.29, 1.82) is 0 Å². The Labute approximate surface area is 314 Å². The van der Waals surface area contributed by atoms with E-state index >= 15 is 0 Å². The van der Waals surface area contributed by atoms with Gasteiger partial charge in [0.25, 0.3) is 0 Å². The molecule has 12 rings (SSSR count). The Kier molecular flexibility index (Phi) is 6.79. The van der Waals surface area contributed by atoms with Crippen LogP contribution in [0.4, 0.5) is 17.1 Å². The third kappa shape index (κ3) is 4.76. The standard InChI is InChI=1S/C52H45N/c1-51(2)48-13-7-5-12-46(48)47-26-25-44(31-49(47)51)53(50-14-8-6-11-45(50)40-16-15-36-9-3-4-10-39(36)30-40)43-23-19-38(20-24-43)37-17-21-41(22-18-37)52-32-34-27-35(33-52)29-42(52)28-34/h3-26,30-31,34-35,42H,27-29,32-33H2,1-2H3. The molecule has 0 spiro atoms. The zero-order chi connectivity index (χ0) is 35.3. The Morgan fingerprint density at radius 3 is 1.85 bits per heavy atom. The second-order valence-electron chi connectivity index (χ2n) is 17.1. The van der Waals surface area contributed by atoms with Crippen molar-refractivity contribution in [3.05, 3.63) is 174 Å². The van der Waals surface area contributed by atoms with Crippen molar-refractivity contribution in [1.82, 2.24) is 0 Å². The maximum absolute atomic E-state index is 2.47. The summed E-state index contributed by atoms with van der Waals surface area (Å²) in [5.41, 5.74) is 16.0. The van der Waals surface area contributed by atoms with Gasteiger partial charge in [-0.1, -0.05) is 135 Å². The van der Waals surface area contributed by atoms with Gasteiger partial charge in [-0.15, -0.1) is 0 Å². The van der Waals surface area contributed by atoms with Gasteiger partial charge in [0.05, 0.1) is 5.69 Å². The second kappa shape index (κ2) is 11.5. The number of benzene rings is 7. The van der Waals surface area contributed by atoms with Gasteiger partial charge in [0.15, 0.2) is 0 Å². The highest BCUT2D eigenvalue weighted by atomic mass is 15.1. The third-order valence-corrected chi connectivity index (χ3v) is 13.9. The number of rotatable bonds is 6. The summed E-state index contributed by atoms with van der Waals surface area (Å²) in [5.74, 6) is 2.86. The molecule has 2 unspecified atom stereocenters. The minimum absolute atomic E-state index is 0.0848. The number of nitrogens with zero attached hydrogens (tertiary/aromatic N) is 1. The molecule has 4 saturated carbocycles. The molecular weight excluding hydrogens is 639 g/mol. The highest BCUT2D eigenvalue weighted by Crippen LogP contribution is 2.66. The summed E-state index contributed by atoms with van der Waals surface area (Å²) in [6.45, 7) is 4.74. The zero-order valence-electron chi connectivity index (χ0n) is 30.7. The van der Waals surface area contributed by atoms with Gasteiger partial charge in [0.1, 0.15) is 0 Å². The molecule has 2 atom stereocenters. The van der Waals surface area contributed by atoms with Crippen molar-refractivity contribution in [3.8, 4) is 33.4 Å². The van der Waals surface area contributed by atoms with Gasteiger partial charge in [-0.25, -0.2) is 0 Å². The predicted octanol–water partition coefficient (Wildman–Crippen LogP) is 14.0. The van der Waals surface area contributed by atoms with Gasteiger partial charge in [0.2, 0.25) is 0 Å². The van der Waals surface area contributed by atoms with Crippen molar-refractivity contribution in [3.63, 3.8) is 0 Å². The number of anilines is 3. The topological polar surface area (TPSA) is 3.24 Å². The first kappa shape index (κ1) is 31.2. The van der Waals surface area contributed by atoms with Crippen molar-refractivity contribution >= 4 is 27.8 Å². The summed E-state index contributed by atoms with van der Waals surface area (Å²) in [5, 5.41) is 2.52. The molecule has 4 fully saturated rings. The summed E-state index contributed by atoms with van der Waals surface area (Å²) < 4.78 is 0. The molecule has 0 N–H and O–H groups in total. The van der Waals surface area contributed by atoms with Crippen LogP contribution in [0.3, 0.4) is 0 Å². The van der Waals surface area contributed by atoms with Crippen molar-refractivity contribution in [2.24, 2.45) is 17.8 Å². The van der Waals surface area contributed by atoms with Crippen molar-refractivity contribution in [2.75, 3.05) is 4.90 Å². The molecule has 0 amide bonds. The fraction of sp³-hybridized carbons (Fsp3) is 0.231. The van der Waals surface area contributed by atoms with Crippen LogP contribution >= 0.6 is 0 Å². The lowest BCUT2D eigenvalue weighted by Crippen LogP contribution is -2.27. The third-order valence-electron chi connectivity index (χ3n) is 13.9. The smallest absolute Gasteiger partial charge is 0.0540 e. The minimum atomic E-state index is -0.0848. The summed E-state index contributed by atoms with van der Waals surface area (Å²) >= 11 is 0. The van der Waals surface area contributed by atoms with Crippen LogP contribution in [0.5, 0.6) is 0 Å². The van der Waals surface area contributed by atoms with E-state index in [0.717, 1.165) is 23.4 Å². The summed E-state index contributed by atoms with van der Waals surface area (Å²) in [6.07, 6.45) is 7.27. The zero-order valence-corrected chi connectivity index (χ0v) is 30.7. The van der Waals surface area contributed by atoms with Crippen molar-refractivity contribution in [2.45, 2.75) is 56.8 Å². The molecule has 5 aliphatic rings. The van der Waals surface area contributed by atoms with E-state index in [0.29, 0.717) is 5.41 Å². The first-order chi connectivity index (χ1) is 25.9. The molecule has 258 valence electrons. The van der Waals surface area contributed by atoms with Gasteiger partial charge >= 0.3 is 0 Å². The maximum atomic E-state index is 2.47. The Morgan fingerprint density at radius 1 is 0.472 bits per heavy atom. The van der Waals surface area contributed by atoms with Crippen LogP contribution in [0, 0.1) is 17.8 Å². The van der Waals surface area contributed by atoms with E-state index in [1.54, 1.807) is 5.56 Å². The van der Waals surface area contributed by atoms with E-state index in [1.807, 2.05) is 0 Å². The van der Waals surface area contributed by atoms with Gasteiger partial charge in [-0.05, 0) is 147 Å². The molecule has 0 saturated heterocycles. The summed E-state index contributed by atoms with van der Waals surface area (Å²) in [7, 11) is 0. The van der Waals surface area contributed by atoms with E-state index in [4.69, 9.17) is 0 Å². The van der Waals surface area contributed by atoms with Crippen LogP contribution in [-0.2, 0) is 10.8 Å². The van der Waals surface area contributed by atoms with Crippen molar-refractivity contribution < 1.29 is 0 Å². The lowest BCUT2D eigenvalue weighted by Gasteiger charge is -2.33. The number of hydrogen-bond acceptors (Lipinski definition) is 1. The number of fused-ring (bicyclic) bond motifs is 4. The highest BCUT2D eigenvalue weighted by Gasteiger charge is 2.58. The number of para-hydroxylation sites is 1. The first-order valence-corrected chi connectivity index (χ1v) is 19.8. The Balaban J connectivity index is 1.01. The molecule has 7 aromatic carbocycles. The van der Waals surface area contributed by atoms with Gasteiger partial charge in [-0.3, -0.25) is 0 Å². The Hall–Kier alpha value is -5.40. The normalized spacial score (nSPS) is 22.9. The highest BCUT2D eigenvalue weighted by molar-refractivity contribution is 5.94. The molecule has 7 aromatic rings. The SMILES string of the molecule is CC1(C)c2ccccc2-c2ccc(N(c3ccc(-c4ccc(C56CC7CC(CC5C7)C6)cc4)cc3)c3ccccc3-c3ccc4ccccc4c3)cc21. The number of hydrogen-bond donors (Lipinski definition) is 0. The fourth-order valence-corrected chi connectivity index (χ4v) is 11.6. The van der Waals surface area contributed by atoms with E-state index < -0.39 is 0 Å². The largest absolute Gasteiger partial charge is 0.310 e. The molecule has 1 nitrogen and oxygen atoms in total. The van der Waals surface area contributed by atoms with Gasteiger partial charge in [-0.2, -0.15) is 0 Å². The van der Waals surface area contributed by atoms with E-state index in [2.05, 4.69) is 176 Å². The summed E-state index contributed by atoms with van der Waals surface area (Å²) in [6, 6.07) is 59.5. The maximum Gasteiger partial charge on any atom is 0.0540 e. The molecule has 0 aliphatic heterocycles. The fourth-order valence-electron chi connectivity index (χ4n) is 11.6. The van der Waals surface area contributed by atoms with Crippen LogP contribution < -0.4 is 4.90 Å². The van der Waals surface area contributed by atoms with Gasteiger partial charge in [0, 0.05) is 22.4 Å². The first-order valence-electron chi connectivity index (χ1n) is 19.8. The molecule has 5 aliphatic carbocycles. The van der Waals surface area contributed by atoms with Crippen LogP contribution in [-0.4, -0.2) is 0 Å². The van der Waals surface area contributed by atoms with Crippen LogP contribution in [0.1, 0.15) is 62.6 Å². The Morgan fingerprint density at radius 2 is 1.08 bits per heavy atom. The predicted molar refractivity (Wildman–Crippen MR) is 222 cm³/mol. The molecule has 0 heterocycles. The molecular formula is C52H45N. The van der Waals surface area contributed by atoms with Crippen LogP contribution in [0.15, 0.2) is 158 Å². The molecule has 0 radical (unpaired) electrons. The van der Waals surface area contributed by atoms with E-state index in [1.165, 1.54) is 98.8 Å². The Bertz CT molecular complexity index is 2520. The van der Waals surface area contributed by atoms with Gasteiger partial charge < -0.3 is 4.90 Å². The molecule has 53 heavy (non-hydrogen) atoms. The lowest BCUT2D eigenvalue weighted by molar-refractivity contribution is 0.266. The minimum Gasteiger partial charge on any atom is -0.310 e. The van der Waals surface area contributed by atoms with Crippen LogP contribution in [0.2, 0.25) is 0 Å². The summed E-state index contributed by atoms with van der Waals surface area (Å²) in [4.78, 5) is 2.47. The monoisotopic (exact) mass is 683 g/mol. The van der Waals surface area contributed by atoms with Crippen LogP contribution in [0.25, 0.3) is 44.2 Å². The quantitative estimate of drug-likeness (QED) is 0.169. The average molecular weight is 684 g/mol.